The Morgan fingerprint density at radius 1 is 1.36 bits per heavy atom. The van der Waals surface area contributed by atoms with Gasteiger partial charge in [0.15, 0.2) is 5.78 Å². The molecule has 0 heterocycles. The molecule has 14 heavy (non-hydrogen) atoms. The van der Waals surface area contributed by atoms with Crippen molar-refractivity contribution in [2.24, 2.45) is 0 Å². The normalized spacial score (nSPS) is 10.4. The van der Waals surface area contributed by atoms with Crippen LogP contribution in [0.2, 0.25) is 0 Å². The molecule has 0 aliphatic carbocycles. The van der Waals surface area contributed by atoms with Crippen LogP contribution >= 0.6 is 0 Å². The SMILES string of the molecule is CCO/C=C/c1ccc(C(C)=O)cc1. The van der Waals surface area contributed by atoms with Crippen LogP contribution in [0.1, 0.15) is 29.8 Å². The maximum atomic E-state index is 11.0. The summed E-state index contributed by atoms with van der Waals surface area (Å²) >= 11 is 0. The summed E-state index contributed by atoms with van der Waals surface area (Å²) in [6, 6.07) is 7.42. The lowest BCUT2D eigenvalue weighted by Crippen LogP contribution is -1.90. The average Bonchev–Trinajstić information content (AvgIpc) is 2.19. The van der Waals surface area contributed by atoms with Crippen molar-refractivity contribution >= 4 is 11.9 Å². The third kappa shape index (κ3) is 3.05. The first-order chi connectivity index (χ1) is 6.74. The largest absolute Gasteiger partial charge is 0.501 e. The number of Topliss-reactive ketones (excluding diaryl/α,β-unsaturated/α-hetero) is 1. The quantitative estimate of drug-likeness (QED) is 0.539. The van der Waals surface area contributed by atoms with Gasteiger partial charge in [0.2, 0.25) is 0 Å². The molecule has 0 radical (unpaired) electrons. The van der Waals surface area contributed by atoms with E-state index in [4.69, 9.17) is 4.74 Å². The summed E-state index contributed by atoms with van der Waals surface area (Å²) in [6.07, 6.45) is 3.52. The van der Waals surface area contributed by atoms with Crippen LogP contribution in [0, 0.1) is 0 Å². The summed E-state index contributed by atoms with van der Waals surface area (Å²) < 4.78 is 5.07. The second kappa shape index (κ2) is 5.22. The van der Waals surface area contributed by atoms with Crippen molar-refractivity contribution in [3.05, 3.63) is 41.7 Å². The highest BCUT2D eigenvalue weighted by atomic mass is 16.5. The molecule has 0 aliphatic rings. The second-order valence-corrected chi connectivity index (χ2v) is 2.94. The molecule has 1 aromatic carbocycles. The fraction of sp³-hybridized carbons (Fsp3) is 0.250. The predicted molar refractivity (Wildman–Crippen MR) is 57.1 cm³/mol. The van der Waals surface area contributed by atoms with E-state index in [9.17, 15) is 4.79 Å². The van der Waals surface area contributed by atoms with Crippen molar-refractivity contribution in [2.45, 2.75) is 13.8 Å². The third-order valence-corrected chi connectivity index (χ3v) is 1.84. The number of carbonyl (C=O) groups is 1. The zero-order valence-electron chi connectivity index (χ0n) is 8.49. The van der Waals surface area contributed by atoms with Crippen molar-refractivity contribution < 1.29 is 9.53 Å². The Morgan fingerprint density at radius 2 is 2.00 bits per heavy atom. The zero-order valence-corrected chi connectivity index (χ0v) is 8.49. The first-order valence-corrected chi connectivity index (χ1v) is 4.63. The van der Waals surface area contributed by atoms with Crippen LogP contribution in [0.4, 0.5) is 0 Å². The molecule has 0 bridgehead atoms. The Bertz CT molecular complexity index is 323. The first-order valence-electron chi connectivity index (χ1n) is 4.63. The lowest BCUT2D eigenvalue weighted by atomic mass is 10.1. The Balaban J connectivity index is 2.68. The molecule has 74 valence electrons. The van der Waals surface area contributed by atoms with Crippen LogP contribution in [0.15, 0.2) is 30.5 Å². The van der Waals surface area contributed by atoms with E-state index in [0.29, 0.717) is 6.61 Å². The highest BCUT2D eigenvalue weighted by molar-refractivity contribution is 5.94. The molecule has 0 aromatic heterocycles. The standard InChI is InChI=1S/C12H14O2/c1-3-14-9-8-11-4-6-12(7-5-11)10(2)13/h4-9H,3H2,1-2H3/b9-8+. The molecule has 0 atom stereocenters. The molecule has 2 nitrogen and oxygen atoms in total. The van der Waals surface area contributed by atoms with Crippen LogP contribution in [0.3, 0.4) is 0 Å². The van der Waals surface area contributed by atoms with E-state index in [2.05, 4.69) is 0 Å². The Morgan fingerprint density at radius 3 is 2.50 bits per heavy atom. The van der Waals surface area contributed by atoms with E-state index in [1.807, 2.05) is 37.3 Å². The minimum Gasteiger partial charge on any atom is -0.501 e. The predicted octanol–water partition coefficient (Wildman–Crippen LogP) is 2.90. The Kier molecular flexibility index (Phi) is 3.92. The molecule has 0 unspecified atom stereocenters. The molecule has 0 saturated carbocycles. The van der Waals surface area contributed by atoms with Gasteiger partial charge in [-0.05, 0) is 25.5 Å². The van der Waals surface area contributed by atoms with Gasteiger partial charge in [0.25, 0.3) is 0 Å². The first kappa shape index (κ1) is 10.5. The highest BCUT2D eigenvalue weighted by Gasteiger charge is 1.96. The summed E-state index contributed by atoms with van der Waals surface area (Å²) in [4.78, 5) is 11.0. The van der Waals surface area contributed by atoms with Gasteiger partial charge in [-0.3, -0.25) is 4.79 Å². The lowest BCUT2D eigenvalue weighted by Gasteiger charge is -1.97. The van der Waals surface area contributed by atoms with Gasteiger partial charge < -0.3 is 4.74 Å². The molecule has 0 spiro atoms. The van der Waals surface area contributed by atoms with Crippen LogP contribution in [-0.4, -0.2) is 12.4 Å². The molecule has 0 amide bonds. The monoisotopic (exact) mass is 190 g/mol. The van der Waals surface area contributed by atoms with Crippen LogP contribution in [-0.2, 0) is 4.74 Å². The molecule has 0 fully saturated rings. The number of ether oxygens (including phenoxy) is 1. The van der Waals surface area contributed by atoms with E-state index in [1.165, 1.54) is 0 Å². The van der Waals surface area contributed by atoms with Gasteiger partial charge in [0, 0.05) is 5.56 Å². The second-order valence-electron chi connectivity index (χ2n) is 2.94. The topological polar surface area (TPSA) is 26.3 Å². The minimum atomic E-state index is 0.0883. The highest BCUT2D eigenvalue weighted by Crippen LogP contribution is 2.06. The summed E-state index contributed by atoms with van der Waals surface area (Å²) in [5.41, 5.74) is 1.77. The van der Waals surface area contributed by atoms with Gasteiger partial charge in [-0.2, -0.15) is 0 Å². The van der Waals surface area contributed by atoms with Gasteiger partial charge in [-0.1, -0.05) is 24.3 Å². The summed E-state index contributed by atoms with van der Waals surface area (Å²) in [5.74, 6) is 0.0883. The van der Waals surface area contributed by atoms with Crippen molar-refractivity contribution in [1.29, 1.82) is 0 Å². The Hall–Kier alpha value is -1.57. The molecular weight excluding hydrogens is 176 g/mol. The number of ketones is 1. The molecule has 0 N–H and O–H groups in total. The van der Waals surface area contributed by atoms with Gasteiger partial charge in [-0.25, -0.2) is 0 Å². The zero-order chi connectivity index (χ0) is 10.4. The maximum Gasteiger partial charge on any atom is 0.159 e. The number of rotatable bonds is 4. The molecule has 0 saturated heterocycles. The van der Waals surface area contributed by atoms with Crippen molar-refractivity contribution in [3.8, 4) is 0 Å². The maximum absolute atomic E-state index is 11.0. The molecule has 1 aromatic rings. The van der Waals surface area contributed by atoms with Crippen molar-refractivity contribution in [1.82, 2.24) is 0 Å². The van der Waals surface area contributed by atoms with Gasteiger partial charge in [0.05, 0.1) is 12.9 Å². The smallest absolute Gasteiger partial charge is 0.159 e. The Labute approximate surface area is 84.2 Å². The van der Waals surface area contributed by atoms with E-state index < -0.39 is 0 Å². The van der Waals surface area contributed by atoms with Crippen molar-refractivity contribution in [3.63, 3.8) is 0 Å². The number of hydrogen-bond donors (Lipinski definition) is 0. The van der Waals surface area contributed by atoms with Gasteiger partial charge in [0.1, 0.15) is 0 Å². The molecular formula is C12H14O2. The fourth-order valence-electron chi connectivity index (χ4n) is 1.05. The van der Waals surface area contributed by atoms with Gasteiger partial charge >= 0.3 is 0 Å². The third-order valence-electron chi connectivity index (χ3n) is 1.84. The van der Waals surface area contributed by atoms with Gasteiger partial charge in [-0.15, -0.1) is 0 Å². The summed E-state index contributed by atoms with van der Waals surface area (Å²) in [7, 11) is 0. The number of benzene rings is 1. The summed E-state index contributed by atoms with van der Waals surface area (Å²) in [6.45, 7) is 4.16. The van der Waals surface area contributed by atoms with Crippen LogP contribution in [0.25, 0.3) is 6.08 Å². The van der Waals surface area contributed by atoms with Crippen LogP contribution < -0.4 is 0 Å². The summed E-state index contributed by atoms with van der Waals surface area (Å²) in [5, 5.41) is 0. The minimum absolute atomic E-state index is 0.0883. The fourth-order valence-corrected chi connectivity index (χ4v) is 1.05. The van der Waals surface area contributed by atoms with E-state index >= 15 is 0 Å². The van der Waals surface area contributed by atoms with E-state index in [0.717, 1.165) is 11.1 Å². The molecule has 1 rings (SSSR count). The average molecular weight is 190 g/mol. The lowest BCUT2D eigenvalue weighted by molar-refractivity contribution is 0.101. The molecule has 2 heteroatoms. The number of carbonyl (C=O) groups excluding carboxylic acids is 1. The molecule has 0 aliphatic heterocycles. The van der Waals surface area contributed by atoms with E-state index in [1.54, 1.807) is 13.2 Å². The number of hydrogen-bond acceptors (Lipinski definition) is 2. The van der Waals surface area contributed by atoms with E-state index in [-0.39, 0.29) is 5.78 Å². The van der Waals surface area contributed by atoms with Crippen LogP contribution in [0.5, 0.6) is 0 Å². The van der Waals surface area contributed by atoms with Crippen molar-refractivity contribution in [2.75, 3.05) is 6.61 Å².